The summed E-state index contributed by atoms with van der Waals surface area (Å²) >= 11 is 0. The molecule has 6 heteroatoms. The van der Waals surface area contributed by atoms with E-state index in [-0.39, 0.29) is 17.5 Å². The maximum absolute atomic E-state index is 12.4. The van der Waals surface area contributed by atoms with Crippen LogP contribution < -0.4 is 0 Å². The smallest absolute Gasteiger partial charge is 0.299 e. The van der Waals surface area contributed by atoms with Crippen LogP contribution in [-0.2, 0) is 9.68 Å². The molecule has 124 valence electrons. The normalized spacial score (nSPS) is 14.8. The molecule has 23 heavy (non-hydrogen) atoms. The Bertz CT molecular complexity index is 563. The van der Waals surface area contributed by atoms with Gasteiger partial charge in [-0.05, 0) is 18.6 Å². The molecule has 0 fully saturated rings. The number of nitrogens with zero attached hydrogens (tertiary/aromatic N) is 1. The molecule has 0 saturated heterocycles. The van der Waals surface area contributed by atoms with Crippen molar-refractivity contribution in [2.24, 2.45) is 0 Å². The average molecular weight is 319 g/mol. The van der Waals surface area contributed by atoms with Gasteiger partial charge in [0.05, 0.1) is 11.1 Å². The van der Waals surface area contributed by atoms with E-state index >= 15 is 0 Å². The van der Waals surface area contributed by atoms with Gasteiger partial charge in [-0.1, -0.05) is 51.2 Å². The Kier molecular flexibility index (Phi) is 5.87. The van der Waals surface area contributed by atoms with Crippen molar-refractivity contribution in [2.75, 3.05) is 0 Å². The van der Waals surface area contributed by atoms with Crippen LogP contribution >= 0.6 is 0 Å². The molecule has 0 spiro atoms. The molecule has 1 aromatic rings. The molecule has 0 bridgehead atoms. The quantitative estimate of drug-likeness (QED) is 0.344. The molecule has 1 atom stereocenters. The van der Waals surface area contributed by atoms with Crippen LogP contribution in [0.2, 0.25) is 0 Å². The minimum atomic E-state index is -1.09. The summed E-state index contributed by atoms with van der Waals surface area (Å²) in [6.45, 7) is 2.10. The zero-order chi connectivity index (χ0) is 16.8. The molecule has 1 N–H and O–H groups in total. The van der Waals surface area contributed by atoms with Crippen molar-refractivity contribution < 1.29 is 24.5 Å². The monoisotopic (exact) mass is 319 g/mol. The van der Waals surface area contributed by atoms with Gasteiger partial charge >= 0.3 is 5.97 Å². The molecule has 1 heterocycles. The second-order valence-corrected chi connectivity index (χ2v) is 5.65. The van der Waals surface area contributed by atoms with Gasteiger partial charge < -0.3 is 0 Å². The summed E-state index contributed by atoms with van der Waals surface area (Å²) in [6, 6.07) is 5.35. The minimum absolute atomic E-state index is 0.277. The molecule has 0 radical (unpaired) electrons. The Morgan fingerprint density at radius 3 is 2.17 bits per heavy atom. The number of hydrogen-bond acceptors (Lipinski definition) is 5. The number of imide groups is 1. The van der Waals surface area contributed by atoms with Crippen molar-refractivity contribution >= 4 is 17.8 Å². The van der Waals surface area contributed by atoms with E-state index in [9.17, 15) is 14.4 Å². The summed E-state index contributed by atoms with van der Waals surface area (Å²) in [5.74, 6) is -2.01. The van der Waals surface area contributed by atoms with Gasteiger partial charge in [-0.3, -0.25) is 19.4 Å². The molecule has 2 amide bonds. The van der Waals surface area contributed by atoms with Crippen LogP contribution in [0.15, 0.2) is 24.3 Å². The highest BCUT2D eigenvalue weighted by molar-refractivity contribution is 6.22. The first kappa shape index (κ1) is 17.1. The molecule has 1 aliphatic heterocycles. The number of hydrogen-bond donors (Lipinski definition) is 1. The average Bonchev–Trinajstić information content (AvgIpc) is 2.82. The van der Waals surface area contributed by atoms with Gasteiger partial charge in [0.25, 0.3) is 11.8 Å². The van der Waals surface area contributed by atoms with E-state index in [1.807, 2.05) is 0 Å². The number of amides is 2. The van der Waals surface area contributed by atoms with Gasteiger partial charge in [-0.25, -0.2) is 4.79 Å². The van der Waals surface area contributed by atoms with E-state index in [0.717, 1.165) is 30.6 Å². The van der Waals surface area contributed by atoms with Gasteiger partial charge in [-0.15, -0.1) is 0 Å². The second-order valence-electron chi connectivity index (χ2n) is 5.65. The Labute approximate surface area is 135 Å². The number of carbonyl (C=O) groups excluding carboxylic acids is 3. The van der Waals surface area contributed by atoms with Crippen LogP contribution in [0.3, 0.4) is 0 Å². The van der Waals surface area contributed by atoms with Crippen LogP contribution in [0.1, 0.15) is 66.2 Å². The summed E-state index contributed by atoms with van der Waals surface area (Å²) in [5, 5.41) is 8.70. The number of unbranched alkanes of at least 4 members (excludes halogenated alkanes) is 4. The maximum Gasteiger partial charge on any atom is 0.364 e. The summed E-state index contributed by atoms with van der Waals surface area (Å²) in [5.41, 5.74) is 0.554. The Hall–Kier alpha value is -2.21. The lowest BCUT2D eigenvalue weighted by Gasteiger charge is -2.23. The van der Waals surface area contributed by atoms with E-state index in [1.165, 1.54) is 0 Å². The van der Waals surface area contributed by atoms with Gasteiger partial charge in [-0.2, -0.15) is 5.26 Å². The summed E-state index contributed by atoms with van der Waals surface area (Å²) in [6.07, 6.45) is 5.08. The van der Waals surface area contributed by atoms with E-state index in [2.05, 4.69) is 11.8 Å². The third-order valence-corrected chi connectivity index (χ3v) is 4.08. The molecular weight excluding hydrogens is 298 g/mol. The molecule has 6 nitrogen and oxygen atoms in total. The van der Waals surface area contributed by atoms with Crippen molar-refractivity contribution in [3.05, 3.63) is 35.4 Å². The first-order valence-electron chi connectivity index (χ1n) is 7.94. The predicted octanol–water partition coefficient (Wildman–Crippen LogP) is 3.03. The lowest BCUT2D eigenvalue weighted by atomic mass is 10.1. The largest absolute Gasteiger partial charge is 0.364 e. The number of fused-ring (bicyclic) bond motifs is 1. The summed E-state index contributed by atoms with van der Waals surface area (Å²) < 4.78 is 0. The number of rotatable bonds is 8. The van der Waals surface area contributed by atoms with Crippen molar-refractivity contribution in [2.45, 2.75) is 51.5 Å². The van der Waals surface area contributed by atoms with Gasteiger partial charge in [0.1, 0.15) is 6.04 Å². The number of benzene rings is 1. The Morgan fingerprint density at radius 2 is 1.65 bits per heavy atom. The topological polar surface area (TPSA) is 83.9 Å². The van der Waals surface area contributed by atoms with Gasteiger partial charge in [0, 0.05) is 0 Å². The molecule has 1 aliphatic rings. The van der Waals surface area contributed by atoms with Crippen LogP contribution in [0, 0.1) is 0 Å². The van der Waals surface area contributed by atoms with Crippen molar-refractivity contribution in [1.29, 1.82) is 0 Å². The fourth-order valence-corrected chi connectivity index (χ4v) is 2.85. The lowest BCUT2D eigenvalue weighted by Crippen LogP contribution is -2.45. The SMILES string of the molecule is CCCCCCCC(C(=O)OO)N1C(=O)c2ccccc2C1=O. The standard InChI is InChI=1S/C17H21NO5/c1-2-3-4-5-6-11-14(17(21)23-22)18-15(19)12-9-7-8-10-13(12)16(18)20/h7-10,14,22H,2-6,11H2,1H3. The Morgan fingerprint density at radius 1 is 1.09 bits per heavy atom. The molecule has 2 rings (SSSR count). The van der Waals surface area contributed by atoms with E-state index in [4.69, 9.17) is 5.26 Å². The first-order chi connectivity index (χ1) is 11.1. The highest BCUT2D eigenvalue weighted by Crippen LogP contribution is 2.27. The molecule has 1 unspecified atom stereocenters. The lowest BCUT2D eigenvalue weighted by molar-refractivity contribution is -0.238. The first-order valence-corrected chi connectivity index (χ1v) is 7.94. The summed E-state index contributed by atoms with van der Waals surface area (Å²) in [4.78, 5) is 41.4. The van der Waals surface area contributed by atoms with Crippen LogP contribution in [-0.4, -0.2) is 34.0 Å². The van der Waals surface area contributed by atoms with E-state index in [1.54, 1.807) is 24.3 Å². The van der Waals surface area contributed by atoms with Crippen molar-refractivity contribution in [3.8, 4) is 0 Å². The second kappa shape index (κ2) is 7.87. The molecule has 1 aromatic carbocycles. The summed E-state index contributed by atoms with van der Waals surface area (Å²) in [7, 11) is 0. The molecule has 0 aromatic heterocycles. The zero-order valence-corrected chi connectivity index (χ0v) is 13.2. The van der Waals surface area contributed by atoms with Crippen molar-refractivity contribution in [3.63, 3.8) is 0 Å². The van der Waals surface area contributed by atoms with E-state index < -0.39 is 23.8 Å². The third kappa shape index (κ3) is 3.59. The van der Waals surface area contributed by atoms with Gasteiger partial charge in [0.15, 0.2) is 0 Å². The highest BCUT2D eigenvalue weighted by atomic mass is 17.1. The van der Waals surface area contributed by atoms with Crippen LogP contribution in [0.5, 0.6) is 0 Å². The fourth-order valence-electron chi connectivity index (χ4n) is 2.85. The predicted molar refractivity (Wildman–Crippen MR) is 82.8 cm³/mol. The zero-order valence-electron chi connectivity index (χ0n) is 13.2. The van der Waals surface area contributed by atoms with Crippen LogP contribution in [0.25, 0.3) is 0 Å². The van der Waals surface area contributed by atoms with Crippen LogP contribution in [0.4, 0.5) is 0 Å². The fraction of sp³-hybridized carbons (Fsp3) is 0.471. The highest BCUT2D eigenvalue weighted by Gasteiger charge is 2.43. The molecule has 0 saturated carbocycles. The Balaban J connectivity index is 2.12. The minimum Gasteiger partial charge on any atom is -0.299 e. The van der Waals surface area contributed by atoms with E-state index in [0.29, 0.717) is 6.42 Å². The molecule has 0 aliphatic carbocycles. The van der Waals surface area contributed by atoms with Crippen molar-refractivity contribution in [1.82, 2.24) is 4.90 Å². The van der Waals surface area contributed by atoms with Gasteiger partial charge in [0.2, 0.25) is 0 Å². The maximum atomic E-state index is 12.4. The number of carbonyl (C=O) groups is 3. The third-order valence-electron chi connectivity index (χ3n) is 4.08. The molecular formula is C17H21NO5.